The van der Waals surface area contributed by atoms with E-state index in [9.17, 15) is 14.4 Å². The van der Waals surface area contributed by atoms with Crippen LogP contribution in [0.2, 0.25) is 13.3 Å². The summed E-state index contributed by atoms with van der Waals surface area (Å²) in [6, 6.07) is 15.9. The number of hydrogen-bond acceptors (Lipinski definition) is 3. The van der Waals surface area contributed by atoms with Crippen LogP contribution in [-0.2, 0) is 14.1 Å². The third kappa shape index (κ3) is 11.8. The van der Waals surface area contributed by atoms with Gasteiger partial charge >= 0.3 is 135 Å². The molecule has 0 aliphatic rings. The molecular formula is C29H43Br2N3O3Sn. The summed E-state index contributed by atoms with van der Waals surface area (Å²) in [6.45, 7) is 6.88. The summed E-state index contributed by atoms with van der Waals surface area (Å²) in [5.41, 5.74) is 0.0989. The van der Waals surface area contributed by atoms with Crippen LogP contribution in [0.3, 0.4) is 0 Å². The number of aromatic amines is 1. The van der Waals surface area contributed by atoms with Gasteiger partial charge in [-0.25, -0.2) is 0 Å². The van der Waals surface area contributed by atoms with Gasteiger partial charge in [0.1, 0.15) is 0 Å². The van der Waals surface area contributed by atoms with E-state index in [2.05, 4.69) is 63.7 Å². The summed E-state index contributed by atoms with van der Waals surface area (Å²) < 4.78 is 10.7. The Bertz CT molecular complexity index is 1250. The van der Waals surface area contributed by atoms with Crippen molar-refractivity contribution >= 4 is 53.9 Å². The Hall–Kier alpha value is -1.39. The third-order valence-electron chi connectivity index (χ3n) is 6.61. The summed E-state index contributed by atoms with van der Waals surface area (Å²) in [6.07, 6.45) is 7.85. The molecule has 9 heteroatoms. The maximum atomic E-state index is 12.1. The number of nitrogens with zero attached hydrogens (tertiary/aromatic N) is 2. The van der Waals surface area contributed by atoms with Gasteiger partial charge in [0, 0.05) is 19.2 Å². The zero-order chi connectivity index (χ0) is 28.6. The maximum absolute atomic E-state index is 12.1. The maximum Gasteiger partial charge on any atom is 0.251 e. The van der Waals surface area contributed by atoms with Crippen molar-refractivity contribution in [3.05, 3.63) is 94.9 Å². The van der Waals surface area contributed by atoms with Gasteiger partial charge in [-0.15, -0.1) is 0 Å². The number of pyridine rings is 3. The molecule has 3 heterocycles. The molecule has 0 saturated heterocycles. The predicted molar refractivity (Wildman–Crippen MR) is 170 cm³/mol. The van der Waals surface area contributed by atoms with Gasteiger partial charge in [-0.3, -0.25) is 9.59 Å². The molecular weight excluding hydrogens is 717 g/mol. The number of hydrogen-bond donors (Lipinski definition) is 1. The molecule has 0 bridgehead atoms. The van der Waals surface area contributed by atoms with E-state index < -0.39 is 18.4 Å². The fraction of sp³-hybridized carbons (Fsp3) is 0.483. The van der Waals surface area contributed by atoms with Crippen LogP contribution in [-0.4, -0.2) is 32.5 Å². The average Bonchev–Trinajstić information content (AvgIpc) is 2.89. The first kappa shape index (κ1) is 34.6. The molecule has 0 aliphatic heterocycles. The monoisotopic (exact) mass is 759 g/mol. The minimum atomic E-state index is -2.44. The van der Waals surface area contributed by atoms with Crippen molar-refractivity contribution in [1.82, 2.24) is 14.1 Å². The fourth-order valence-corrected chi connectivity index (χ4v) is 21.8. The van der Waals surface area contributed by atoms with E-state index in [0.29, 0.717) is 4.60 Å². The van der Waals surface area contributed by atoms with Gasteiger partial charge in [0.15, 0.2) is 0 Å². The van der Waals surface area contributed by atoms with Gasteiger partial charge in [0.2, 0.25) is 5.56 Å². The largest absolute Gasteiger partial charge is 0.317 e. The Kier molecular flexibility index (Phi) is 17.2. The normalized spacial score (nSPS) is 10.7. The van der Waals surface area contributed by atoms with E-state index in [4.69, 9.17) is 0 Å². The second kappa shape index (κ2) is 18.8. The summed E-state index contributed by atoms with van der Waals surface area (Å²) in [4.78, 5) is 35.8. The minimum Gasteiger partial charge on any atom is -0.317 e. The SMILES string of the molecule is CCC[CH2][Sn]([CH2]CCC)([CH2]CCC)[c]1cccc(=O)n1C.Cn1c(Br)cccc1=O.O=c1cccc(Br)[nH]1. The van der Waals surface area contributed by atoms with Crippen molar-refractivity contribution in [2.45, 2.75) is 72.6 Å². The van der Waals surface area contributed by atoms with Crippen LogP contribution < -0.4 is 20.4 Å². The molecule has 0 aromatic carbocycles. The van der Waals surface area contributed by atoms with Crippen LogP contribution >= 0.6 is 31.9 Å². The summed E-state index contributed by atoms with van der Waals surface area (Å²) in [5.74, 6) is 0. The molecule has 1 N–H and O–H groups in total. The third-order valence-corrected chi connectivity index (χ3v) is 23.6. The van der Waals surface area contributed by atoms with Crippen molar-refractivity contribution in [3.8, 4) is 0 Å². The molecule has 0 unspecified atom stereocenters. The van der Waals surface area contributed by atoms with Gasteiger partial charge in [0.05, 0.1) is 9.21 Å². The molecule has 210 valence electrons. The van der Waals surface area contributed by atoms with Crippen LogP contribution in [0.5, 0.6) is 0 Å². The van der Waals surface area contributed by atoms with Crippen LogP contribution in [0.4, 0.5) is 0 Å². The van der Waals surface area contributed by atoms with E-state index >= 15 is 0 Å². The molecule has 0 saturated carbocycles. The van der Waals surface area contributed by atoms with Crippen molar-refractivity contribution < 1.29 is 0 Å². The van der Waals surface area contributed by atoms with Gasteiger partial charge < -0.3 is 9.55 Å². The second-order valence-corrected chi connectivity index (χ2v) is 24.2. The van der Waals surface area contributed by atoms with Crippen LogP contribution in [0.25, 0.3) is 0 Å². The van der Waals surface area contributed by atoms with E-state index in [1.807, 2.05) is 23.7 Å². The Morgan fingerprint density at radius 2 is 1.16 bits per heavy atom. The number of rotatable bonds is 10. The molecule has 3 aromatic rings. The molecule has 0 aliphatic carbocycles. The zero-order valence-electron chi connectivity index (χ0n) is 23.4. The van der Waals surface area contributed by atoms with Crippen molar-refractivity contribution in [2.24, 2.45) is 14.1 Å². The van der Waals surface area contributed by atoms with Crippen LogP contribution in [0.15, 0.2) is 78.2 Å². The molecule has 0 amide bonds. The average molecular weight is 760 g/mol. The molecule has 38 heavy (non-hydrogen) atoms. The predicted octanol–water partition coefficient (Wildman–Crippen LogP) is 6.73. The molecule has 6 nitrogen and oxygen atoms in total. The van der Waals surface area contributed by atoms with E-state index in [0.717, 1.165) is 4.60 Å². The fourth-order valence-electron chi connectivity index (χ4n) is 4.36. The molecule has 3 aromatic heterocycles. The number of H-pyrrole nitrogens is 1. The molecule has 0 fully saturated rings. The quantitative estimate of drug-likeness (QED) is 0.184. The smallest absolute Gasteiger partial charge is 0.251 e. The Labute approximate surface area is 248 Å². The first-order valence-corrected chi connectivity index (χ1v) is 22.5. The van der Waals surface area contributed by atoms with Gasteiger partial charge in [-0.1, -0.05) is 12.1 Å². The van der Waals surface area contributed by atoms with Crippen LogP contribution in [0, 0.1) is 0 Å². The van der Waals surface area contributed by atoms with Crippen molar-refractivity contribution in [3.63, 3.8) is 0 Å². The molecule has 3 rings (SSSR count). The molecule has 0 radical (unpaired) electrons. The molecule has 0 atom stereocenters. The van der Waals surface area contributed by atoms with Gasteiger partial charge in [-0.05, 0) is 44.0 Å². The Morgan fingerprint density at radius 3 is 1.55 bits per heavy atom. The zero-order valence-corrected chi connectivity index (χ0v) is 29.5. The topological polar surface area (TPSA) is 76.9 Å². The summed E-state index contributed by atoms with van der Waals surface area (Å²) in [7, 11) is 3.71. The van der Waals surface area contributed by atoms with E-state index in [1.165, 1.54) is 72.2 Å². The van der Waals surface area contributed by atoms with Crippen LogP contribution in [0.1, 0.15) is 59.3 Å². The molecule has 0 spiro atoms. The number of nitrogens with one attached hydrogen (secondary N) is 1. The Morgan fingerprint density at radius 1 is 0.684 bits per heavy atom. The van der Waals surface area contributed by atoms with Gasteiger partial charge in [-0.2, -0.15) is 0 Å². The number of halogens is 2. The Balaban J connectivity index is 0.000000344. The standard InChI is InChI=1S/C6H6BrNO.C6H6NO.C5H4BrNO.3C4H9.Sn/c1-8-5(7)3-2-4-6(8)9;1-7-5-3-2-4-6(7)8;6-4-2-1-3-5(8)7-4;3*1-3-4-2;/h2-4H,1H3;2-4H,1H3;1-3H,(H,7,8);3*1,3-4H2,2H3;. The summed E-state index contributed by atoms with van der Waals surface area (Å²) >= 11 is 3.88. The van der Waals surface area contributed by atoms with E-state index in [1.54, 1.807) is 31.3 Å². The number of aromatic nitrogens is 3. The van der Waals surface area contributed by atoms with Crippen molar-refractivity contribution in [2.75, 3.05) is 0 Å². The first-order valence-electron chi connectivity index (χ1n) is 13.4. The van der Waals surface area contributed by atoms with Crippen molar-refractivity contribution in [1.29, 1.82) is 0 Å². The second-order valence-electron chi connectivity index (χ2n) is 9.51. The number of unbranched alkanes of at least 4 members (excludes halogenated alkanes) is 3. The van der Waals surface area contributed by atoms with E-state index in [-0.39, 0.29) is 16.7 Å². The first-order chi connectivity index (χ1) is 18.1. The van der Waals surface area contributed by atoms with Gasteiger partial charge in [0.25, 0.3) is 5.56 Å². The summed E-state index contributed by atoms with van der Waals surface area (Å²) in [5, 5.41) is 0. The minimum absolute atomic E-state index is 0.00405.